The summed E-state index contributed by atoms with van der Waals surface area (Å²) in [5.41, 5.74) is 1.72. The number of hydrogen-bond acceptors (Lipinski definition) is 6. The summed E-state index contributed by atoms with van der Waals surface area (Å²) in [6.07, 6.45) is 1.70. The van der Waals surface area contributed by atoms with Gasteiger partial charge in [0.25, 0.3) is 5.91 Å². The highest BCUT2D eigenvalue weighted by Gasteiger charge is 2.36. The minimum absolute atomic E-state index is 0.258. The molecule has 0 atom stereocenters. The van der Waals surface area contributed by atoms with E-state index in [0.717, 1.165) is 0 Å². The molecule has 3 rings (SSSR count). The molecule has 2 aromatic rings. The van der Waals surface area contributed by atoms with Crippen LogP contribution in [0.1, 0.15) is 19.4 Å². The maximum absolute atomic E-state index is 13.2. The third-order valence-corrected chi connectivity index (χ3v) is 5.05. The molecule has 1 aliphatic heterocycles. The average molecular weight is 457 g/mol. The zero-order valence-corrected chi connectivity index (χ0v) is 18.8. The van der Waals surface area contributed by atoms with Crippen LogP contribution in [0.3, 0.4) is 0 Å². The van der Waals surface area contributed by atoms with Gasteiger partial charge in [-0.15, -0.1) is 0 Å². The van der Waals surface area contributed by atoms with Crippen molar-refractivity contribution in [2.24, 2.45) is 0 Å². The number of carboxylic acid groups (broad SMARTS) is 1. The second-order valence-corrected chi connectivity index (χ2v) is 7.13. The van der Waals surface area contributed by atoms with Crippen LogP contribution in [0.2, 0.25) is 0 Å². The topological polar surface area (TPSA) is 88.5 Å². The molecule has 0 spiro atoms. The molecule has 32 heavy (non-hydrogen) atoms. The van der Waals surface area contributed by atoms with Crippen LogP contribution in [-0.4, -0.2) is 53.9 Å². The summed E-state index contributed by atoms with van der Waals surface area (Å²) in [5.74, 6) is 0.0771. The van der Waals surface area contributed by atoms with Crippen molar-refractivity contribution in [2.75, 3.05) is 31.8 Å². The first-order chi connectivity index (χ1) is 15.3. The molecule has 1 saturated heterocycles. The Morgan fingerprint density at radius 1 is 1.03 bits per heavy atom. The number of carbonyl (C=O) groups is 2. The molecule has 8 nitrogen and oxygen atoms in total. The van der Waals surface area contributed by atoms with Crippen molar-refractivity contribution in [3.8, 4) is 17.2 Å². The SMILES string of the molecule is CCOc1ccc(N2C(=O)/C(=C/c3ccc(OCC(=O)O)c(OCC)c3)N(C)C2=S)cc1. The number of thiocarbonyl (C=S) groups is 1. The van der Waals surface area contributed by atoms with E-state index in [1.807, 2.05) is 13.8 Å². The van der Waals surface area contributed by atoms with Crippen molar-refractivity contribution in [2.45, 2.75) is 13.8 Å². The lowest BCUT2D eigenvalue weighted by molar-refractivity contribution is -0.139. The van der Waals surface area contributed by atoms with Crippen LogP contribution in [0.5, 0.6) is 17.2 Å². The predicted octanol–water partition coefficient (Wildman–Crippen LogP) is 3.55. The zero-order chi connectivity index (χ0) is 23.3. The van der Waals surface area contributed by atoms with E-state index in [-0.39, 0.29) is 5.91 Å². The van der Waals surface area contributed by atoms with Crippen LogP contribution in [0.15, 0.2) is 48.2 Å². The summed E-state index contributed by atoms with van der Waals surface area (Å²) < 4.78 is 16.3. The minimum Gasteiger partial charge on any atom is -0.494 e. The summed E-state index contributed by atoms with van der Waals surface area (Å²) in [5, 5.41) is 9.20. The Morgan fingerprint density at radius 3 is 2.34 bits per heavy atom. The number of likely N-dealkylation sites (N-methyl/N-ethyl adjacent to an activating group) is 1. The lowest BCUT2D eigenvalue weighted by Crippen LogP contribution is -2.31. The number of benzene rings is 2. The van der Waals surface area contributed by atoms with Gasteiger partial charge in [0.05, 0.1) is 18.9 Å². The maximum Gasteiger partial charge on any atom is 0.341 e. The first-order valence-corrected chi connectivity index (χ1v) is 10.4. The second kappa shape index (κ2) is 10.1. The quantitative estimate of drug-likeness (QED) is 0.453. The van der Waals surface area contributed by atoms with Gasteiger partial charge in [-0.25, -0.2) is 4.79 Å². The van der Waals surface area contributed by atoms with E-state index in [2.05, 4.69) is 0 Å². The molecule has 0 aromatic heterocycles. The summed E-state index contributed by atoms with van der Waals surface area (Å²) >= 11 is 5.51. The number of anilines is 1. The molecule has 0 unspecified atom stereocenters. The summed E-state index contributed by atoms with van der Waals surface area (Å²) in [6.45, 7) is 4.17. The van der Waals surface area contributed by atoms with Crippen LogP contribution >= 0.6 is 12.2 Å². The van der Waals surface area contributed by atoms with E-state index < -0.39 is 12.6 Å². The Kier molecular flexibility index (Phi) is 7.32. The highest BCUT2D eigenvalue weighted by atomic mass is 32.1. The third-order valence-electron chi connectivity index (χ3n) is 4.59. The number of rotatable bonds is 9. The van der Waals surface area contributed by atoms with Crippen molar-refractivity contribution in [1.82, 2.24) is 4.90 Å². The zero-order valence-electron chi connectivity index (χ0n) is 18.0. The monoisotopic (exact) mass is 456 g/mol. The van der Waals surface area contributed by atoms with E-state index in [1.165, 1.54) is 4.90 Å². The minimum atomic E-state index is -1.08. The standard InChI is InChI=1S/C23H24N2O6S/c1-4-29-17-9-7-16(8-10-17)25-22(28)18(24(3)23(25)32)12-15-6-11-19(31-14-21(26)27)20(13-15)30-5-2/h6-13H,4-5,14H2,1-3H3,(H,26,27)/b18-12-. The van der Waals surface area contributed by atoms with Crippen LogP contribution < -0.4 is 19.1 Å². The molecule has 1 fully saturated rings. The summed E-state index contributed by atoms with van der Waals surface area (Å²) in [4.78, 5) is 27.1. The normalized spacial score (nSPS) is 14.8. The van der Waals surface area contributed by atoms with Gasteiger partial charge in [-0.3, -0.25) is 9.69 Å². The molecule has 9 heteroatoms. The van der Waals surface area contributed by atoms with Crippen molar-refractivity contribution in [3.63, 3.8) is 0 Å². The Labute approximate surface area is 191 Å². The highest BCUT2D eigenvalue weighted by Crippen LogP contribution is 2.32. The molecule has 2 aromatic carbocycles. The van der Waals surface area contributed by atoms with E-state index in [4.69, 9.17) is 31.5 Å². The molecule has 1 heterocycles. The lowest BCUT2D eigenvalue weighted by atomic mass is 10.1. The van der Waals surface area contributed by atoms with Gasteiger partial charge in [-0.1, -0.05) is 6.07 Å². The van der Waals surface area contributed by atoms with Crippen molar-refractivity contribution < 1.29 is 28.9 Å². The fourth-order valence-electron chi connectivity index (χ4n) is 3.14. The lowest BCUT2D eigenvalue weighted by Gasteiger charge is -2.16. The number of carbonyl (C=O) groups excluding carboxylic acids is 1. The maximum atomic E-state index is 13.2. The largest absolute Gasteiger partial charge is 0.494 e. The number of amides is 1. The van der Waals surface area contributed by atoms with Gasteiger partial charge in [0.2, 0.25) is 0 Å². The van der Waals surface area contributed by atoms with Gasteiger partial charge in [-0.2, -0.15) is 0 Å². The third kappa shape index (κ3) is 5.00. The van der Waals surface area contributed by atoms with Gasteiger partial charge in [0.1, 0.15) is 11.4 Å². The molecular formula is C23H24N2O6S. The van der Waals surface area contributed by atoms with Crippen LogP contribution in [-0.2, 0) is 9.59 Å². The number of hydrogen-bond donors (Lipinski definition) is 1. The Hall–Kier alpha value is -3.59. The van der Waals surface area contributed by atoms with Crippen molar-refractivity contribution in [3.05, 3.63) is 53.7 Å². The van der Waals surface area contributed by atoms with Crippen molar-refractivity contribution in [1.29, 1.82) is 0 Å². The van der Waals surface area contributed by atoms with Crippen LogP contribution in [0.25, 0.3) is 6.08 Å². The van der Waals surface area contributed by atoms with E-state index in [9.17, 15) is 9.59 Å². The number of carboxylic acids is 1. The predicted molar refractivity (Wildman–Crippen MR) is 124 cm³/mol. The van der Waals surface area contributed by atoms with Gasteiger partial charge in [0.15, 0.2) is 23.2 Å². The molecular weight excluding hydrogens is 432 g/mol. The molecule has 168 valence electrons. The smallest absolute Gasteiger partial charge is 0.341 e. The molecule has 0 saturated carbocycles. The summed E-state index contributed by atoms with van der Waals surface area (Å²) in [7, 11) is 1.73. The van der Waals surface area contributed by atoms with Crippen LogP contribution in [0.4, 0.5) is 5.69 Å². The van der Waals surface area contributed by atoms with E-state index >= 15 is 0 Å². The average Bonchev–Trinajstić information content (AvgIpc) is 2.97. The summed E-state index contributed by atoms with van der Waals surface area (Å²) in [6, 6.07) is 12.2. The van der Waals surface area contributed by atoms with E-state index in [1.54, 1.807) is 60.5 Å². The number of ether oxygens (including phenoxy) is 3. The molecule has 0 radical (unpaired) electrons. The highest BCUT2D eigenvalue weighted by molar-refractivity contribution is 7.80. The molecule has 1 aliphatic rings. The van der Waals surface area contributed by atoms with Crippen LogP contribution in [0, 0.1) is 0 Å². The van der Waals surface area contributed by atoms with Gasteiger partial charge in [-0.05, 0) is 74.1 Å². The fraction of sp³-hybridized carbons (Fsp3) is 0.261. The first-order valence-electron chi connectivity index (χ1n) is 10.0. The Balaban J connectivity index is 1.89. The molecule has 1 amide bonds. The first kappa shape index (κ1) is 23.1. The Bertz CT molecular complexity index is 1050. The second-order valence-electron chi connectivity index (χ2n) is 6.76. The Morgan fingerprint density at radius 2 is 1.72 bits per heavy atom. The molecule has 0 bridgehead atoms. The molecule has 0 aliphatic carbocycles. The van der Waals surface area contributed by atoms with Gasteiger partial charge in [0, 0.05) is 7.05 Å². The number of aliphatic carboxylic acids is 1. The number of nitrogens with zero attached hydrogens (tertiary/aromatic N) is 2. The van der Waals surface area contributed by atoms with Gasteiger partial charge < -0.3 is 24.2 Å². The van der Waals surface area contributed by atoms with Crippen molar-refractivity contribution >= 4 is 41.0 Å². The van der Waals surface area contributed by atoms with E-state index in [0.29, 0.717) is 52.5 Å². The van der Waals surface area contributed by atoms with Gasteiger partial charge >= 0.3 is 5.97 Å². The fourth-order valence-corrected chi connectivity index (χ4v) is 3.43. The molecule has 1 N–H and O–H groups in total.